The van der Waals surface area contributed by atoms with Crippen LogP contribution in [-0.4, -0.2) is 35.3 Å². The number of rotatable bonds is 4. The van der Waals surface area contributed by atoms with Crippen molar-refractivity contribution < 1.29 is 10.3 Å². The van der Waals surface area contributed by atoms with Crippen LogP contribution in [0.1, 0.15) is 31.2 Å². The summed E-state index contributed by atoms with van der Waals surface area (Å²) < 4.78 is 0.888. The Morgan fingerprint density at radius 3 is 2.95 bits per heavy atom. The van der Waals surface area contributed by atoms with Crippen molar-refractivity contribution in [1.82, 2.24) is 0 Å². The molecule has 1 atom stereocenters. The van der Waals surface area contributed by atoms with E-state index in [2.05, 4.69) is 26.0 Å². The molecular weight excluding hydrogens is 322 g/mol. The highest BCUT2D eigenvalue weighted by Gasteiger charge is 2.25. The number of aliphatic hydroxyl groups is 1. The molecule has 6 heteroatoms. The molecule has 1 aliphatic rings. The number of oxime groups is 1. The fourth-order valence-electron chi connectivity index (χ4n) is 2.78. The van der Waals surface area contributed by atoms with Crippen molar-refractivity contribution in [2.24, 2.45) is 10.9 Å². The Balaban J connectivity index is 2.39. The quantitative estimate of drug-likeness (QED) is 0.339. The van der Waals surface area contributed by atoms with E-state index in [0.717, 1.165) is 36.0 Å². The van der Waals surface area contributed by atoms with Gasteiger partial charge < -0.3 is 20.9 Å². The second kappa shape index (κ2) is 6.95. The summed E-state index contributed by atoms with van der Waals surface area (Å²) in [7, 11) is 0. The minimum Gasteiger partial charge on any atom is -0.409 e. The van der Waals surface area contributed by atoms with Crippen LogP contribution in [0.3, 0.4) is 0 Å². The molecule has 0 amide bonds. The van der Waals surface area contributed by atoms with Gasteiger partial charge in [0.2, 0.25) is 0 Å². The number of nitrogens with two attached hydrogens (primary N) is 1. The van der Waals surface area contributed by atoms with Gasteiger partial charge >= 0.3 is 0 Å². The predicted octanol–water partition coefficient (Wildman–Crippen LogP) is 2.28. The monoisotopic (exact) mass is 341 g/mol. The van der Waals surface area contributed by atoms with Gasteiger partial charge in [0.05, 0.1) is 0 Å². The molecule has 2 rings (SSSR count). The molecule has 1 aliphatic heterocycles. The summed E-state index contributed by atoms with van der Waals surface area (Å²) in [6.07, 6.45) is 4.10. The lowest BCUT2D eigenvalue weighted by Crippen LogP contribution is -2.41. The van der Waals surface area contributed by atoms with Gasteiger partial charge in [-0.15, -0.1) is 0 Å². The first-order valence-corrected chi connectivity index (χ1v) is 7.61. The minimum atomic E-state index is 0.106. The lowest BCUT2D eigenvalue weighted by atomic mass is 9.97. The normalized spacial score (nSPS) is 20.2. The van der Waals surface area contributed by atoms with Gasteiger partial charge in [-0.1, -0.05) is 21.1 Å². The first kappa shape index (κ1) is 15.1. The van der Waals surface area contributed by atoms with E-state index in [1.807, 2.05) is 18.2 Å². The van der Waals surface area contributed by atoms with E-state index in [0.29, 0.717) is 11.6 Å². The number of hydrogen-bond donors (Lipinski definition) is 3. The van der Waals surface area contributed by atoms with Gasteiger partial charge in [-0.05, 0) is 43.9 Å². The molecule has 0 aliphatic carbocycles. The summed E-state index contributed by atoms with van der Waals surface area (Å²) in [5, 5.41) is 21.3. The highest BCUT2D eigenvalue weighted by molar-refractivity contribution is 9.10. The van der Waals surface area contributed by atoms with Crippen molar-refractivity contribution in [3.05, 3.63) is 28.2 Å². The summed E-state index contributed by atoms with van der Waals surface area (Å²) in [4.78, 5) is 2.26. The molecule has 1 fully saturated rings. The topological polar surface area (TPSA) is 82.1 Å². The smallest absolute Gasteiger partial charge is 0.172 e. The standard InChI is InChI=1S/C14H20BrN3O2/c15-10-4-5-13(12(9-10)14(16)17-20)18-7-2-1-3-11(18)6-8-19/h4-5,9,11,19-20H,1-3,6-8H2,(H2,16,17). The molecular formula is C14H20BrN3O2. The molecule has 1 heterocycles. The summed E-state index contributed by atoms with van der Waals surface area (Å²) in [6, 6.07) is 6.09. The average Bonchev–Trinajstić information content (AvgIpc) is 2.47. The Morgan fingerprint density at radius 1 is 1.45 bits per heavy atom. The molecule has 1 aromatic rings. The number of hydrogen-bond acceptors (Lipinski definition) is 4. The van der Waals surface area contributed by atoms with E-state index in [9.17, 15) is 5.11 Å². The molecule has 5 nitrogen and oxygen atoms in total. The van der Waals surface area contributed by atoms with Crippen LogP contribution < -0.4 is 10.6 Å². The van der Waals surface area contributed by atoms with Crippen molar-refractivity contribution in [3.63, 3.8) is 0 Å². The average molecular weight is 342 g/mol. The van der Waals surface area contributed by atoms with E-state index >= 15 is 0 Å². The second-order valence-electron chi connectivity index (χ2n) is 5.00. The fourth-order valence-corrected chi connectivity index (χ4v) is 3.15. The fraction of sp³-hybridized carbons (Fsp3) is 0.500. The number of anilines is 1. The molecule has 110 valence electrons. The maximum absolute atomic E-state index is 9.23. The van der Waals surface area contributed by atoms with Crippen LogP contribution in [0.15, 0.2) is 27.8 Å². The van der Waals surface area contributed by atoms with Gasteiger partial charge in [0.1, 0.15) is 0 Å². The molecule has 1 saturated heterocycles. The third-order valence-corrected chi connectivity index (χ3v) is 4.23. The first-order chi connectivity index (χ1) is 9.67. The Bertz CT molecular complexity index is 491. The van der Waals surface area contributed by atoms with Gasteiger partial charge in [-0.3, -0.25) is 0 Å². The maximum atomic E-state index is 9.23. The molecule has 1 aromatic carbocycles. The Labute approximate surface area is 127 Å². The van der Waals surface area contributed by atoms with Crippen molar-refractivity contribution in [2.75, 3.05) is 18.1 Å². The third kappa shape index (κ3) is 3.24. The summed E-state index contributed by atoms with van der Waals surface area (Å²) in [5.41, 5.74) is 7.47. The zero-order valence-corrected chi connectivity index (χ0v) is 12.9. The van der Waals surface area contributed by atoms with E-state index in [1.165, 1.54) is 6.42 Å². The van der Waals surface area contributed by atoms with Gasteiger partial charge in [0.25, 0.3) is 0 Å². The molecule has 0 radical (unpaired) electrons. The molecule has 1 unspecified atom stereocenters. The number of halogens is 1. The Morgan fingerprint density at radius 2 is 2.25 bits per heavy atom. The van der Waals surface area contributed by atoms with E-state index in [4.69, 9.17) is 10.9 Å². The van der Waals surface area contributed by atoms with Crippen molar-refractivity contribution >= 4 is 27.5 Å². The van der Waals surface area contributed by atoms with Crippen LogP contribution in [-0.2, 0) is 0 Å². The predicted molar refractivity (Wildman–Crippen MR) is 83.3 cm³/mol. The zero-order chi connectivity index (χ0) is 14.5. The van der Waals surface area contributed by atoms with Gasteiger partial charge in [0.15, 0.2) is 5.84 Å². The van der Waals surface area contributed by atoms with E-state index < -0.39 is 0 Å². The number of aliphatic hydroxyl groups excluding tert-OH is 1. The maximum Gasteiger partial charge on any atom is 0.172 e. The Kier molecular flexibility index (Phi) is 5.25. The zero-order valence-electron chi connectivity index (χ0n) is 11.3. The van der Waals surface area contributed by atoms with Crippen molar-refractivity contribution in [1.29, 1.82) is 0 Å². The third-order valence-electron chi connectivity index (χ3n) is 3.74. The van der Waals surface area contributed by atoms with E-state index in [1.54, 1.807) is 0 Å². The highest BCUT2D eigenvalue weighted by atomic mass is 79.9. The number of benzene rings is 1. The SMILES string of the molecule is N/C(=N/O)c1cc(Br)ccc1N1CCCCC1CCO. The summed E-state index contributed by atoms with van der Waals surface area (Å²) in [6.45, 7) is 1.11. The summed E-state index contributed by atoms with van der Waals surface area (Å²) in [5.74, 6) is 0.106. The van der Waals surface area contributed by atoms with Crippen LogP contribution in [0, 0.1) is 0 Å². The summed E-state index contributed by atoms with van der Waals surface area (Å²) >= 11 is 3.41. The molecule has 0 saturated carbocycles. The number of amidine groups is 1. The molecule has 0 bridgehead atoms. The van der Waals surface area contributed by atoms with Crippen LogP contribution in [0.4, 0.5) is 5.69 Å². The largest absolute Gasteiger partial charge is 0.409 e. The van der Waals surface area contributed by atoms with Gasteiger partial charge in [0, 0.05) is 34.9 Å². The second-order valence-corrected chi connectivity index (χ2v) is 5.92. The van der Waals surface area contributed by atoms with Crippen LogP contribution in [0.5, 0.6) is 0 Å². The Hall–Kier alpha value is -1.27. The van der Waals surface area contributed by atoms with E-state index in [-0.39, 0.29) is 12.4 Å². The van der Waals surface area contributed by atoms with Crippen LogP contribution >= 0.6 is 15.9 Å². The highest BCUT2D eigenvalue weighted by Crippen LogP contribution is 2.31. The van der Waals surface area contributed by atoms with Crippen LogP contribution in [0.25, 0.3) is 0 Å². The molecule has 0 aromatic heterocycles. The van der Waals surface area contributed by atoms with Crippen LogP contribution in [0.2, 0.25) is 0 Å². The van der Waals surface area contributed by atoms with Gasteiger partial charge in [-0.25, -0.2) is 0 Å². The number of nitrogens with zero attached hydrogens (tertiary/aromatic N) is 2. The molecule has 20 heavy (non-hydrogen) atoms. The van der Waals surface area contributed by atoms with Crippen molar-refractivity contribution in [2.45, 2.75) is 31.7 Å². The first-order valence-electron chi connectivity index (χ1n) is 6.82. The van der Waals surface area contributed by atoms with Gasteiger partial charge in [-0.2, -0.15) is 0 Å². The molecule has 4 N–H and O–H groups in total. The molecule has 0 spiro atoms. The lowest BCUT2D eigenvalue weighted by Gasteiger charge is -2.38. The van der Waals surface area contributed by atoms with Crippen molar-refractivity contribution in [3.8, 4) is 0 Å². The number of piperidine rings is 1. The lowest BCUT2D eigenvalue weighted by molar-refractivity contribution is 0.262. The minimum absolute atomic E-state index is 0.106.